The summed E-state index contributed by atoms with van der Waals surface area (Å²) < 4.78 is 10.5. The lowest BCUT2D eigenvalue weighted by molar-refractivity contribution is 0.0965. The van der Waals surface area contributed by atoms with E-state index in [4.69, 9.17) is 9.47 Å². The number of fused-ring (bicyclic) bond motifs is 3. The topological polar surface area (TPSA) is 52.6 Å². The van der Waals surface area contributed by atoms with Crippen molar-refractivity contribution in [3.05, 3.63) is 89.5 Å². The number of rotatable bonds is 4. The SMILES string of the molecule is O=Cc1ccc(OC(=O)OCC2c3ccccc3-c3ccccc32)cc1. The van der Waals surface area contributed by atoms with Gasteiger partial charge < -0.3 is 9.47 Å². The second-order valence-corrected chi connectivity index (χ2v) is 6.08. The molecule has 0 saturated heterocycles. The Kier molecular flexibility index (Phi) is 4.23. The van der Waals surface area contributed by atoms with E-state index in [2.05, 4.69) is 24.3 Å². The number of hydrogen-bond donors (Lipinski definition) is 0. The van der Waals surface area contributed by atoms with Gasteiger partial charge in [-0.3, -0.25) is 4.79 Å². The molecule has 4 heteroatoms. The molecule has 0 atom stereocenters. The molecule has 0 fully saturated rings. The zero-order valence-corrected chi connectivity index (χ0v) is 13.9. The van der Waals surface area contributed by atoms with Gasteiger partial charge in [-0.15, -0.1) is 0 Å². The van der Waals surface area contributed by atoms with Gasteiger partial charge >= 0.3 is 6.16 Å². The lowest BCUT2D eigenvalue weighted by atomic mass is 9.98. The monoisotopic (exact) mass is 344 g/mol. The Balaban J connectivity index is 1.47. The van der Waals surface area contributed by atoms with Gasteiger partial charge in [0.2, 0.25) is 0 Å². The minimum absolute atomic E-state index is 0.00705. The maximum absolute atomic E-state index is 12.0. The standard InChI is InChI=1S/C22H16O4/c23-13-15-9-11-16(12-10-15)26-22(24)25-14-21-19-7-3-1-5-17(19)18-6-2-4-8-20(18)21/h1-13,21H,14H2. The highest BCUT2D eigenvalue weighted by atomic mass is 16.7. The number of hydrogen-bond acceptors (Lipinski definition) is 4. The maximum Gasteiger partial charge on any atom is 0.513 e. The predicted molar refractivity (Wildman–Crippen MR) is 97.5 cm³/mol. The maximum atomic E-state index is 12.0. The van der Waals surface area contributed by atoms with Crippen molar-refractivity contribution in [2.75, 3.05) is 6.61 Å². The zero-order chi connectivity index (χ0) is 17.9. The molecule has 0 bridgehead atoms. The van der Waals surface area contributed by atoms with Crippen LogP contribution in [0.3, 0.4) is 0 Å². The molecule has 0 N–H and O–H groups in total. The van der Waals surface area contributed by atoms with Gasteiger partial charge in [-0.05, 0) is 46.5 Å². The normalized spacial score (nSPS) is 12.2. The van der Waals surface area contributed by atoms with Crippen LogP contribution in [-0.2, 0) is 4.74 Å². The van der Waals surface area contributed by atoms with Crippen LogP contribution in [0.4, 0.5) is 4.79 Å². The smallest absolute Gasteiger partial charge is 0.433 e. The molecule has 1 aliphatic rings. The third-order valence-corrected chi connectivity index (χ3v) is 4.55. The van der Waals surface area contributed by atoms with Crippen LogP contribution in [0.25, 0.3) is 11.1 Å². The van der Waals surface area contributed by atoms with Crippen LogP contribution in [0, 0.1) is 0 Å². The highest BCUT2D eigenvalue weighted by Crippen LogP contribution is 2.44. The second-order valence-electron chi connectivity index (χ2n) is 6.08. The lowest BCUT2D eigenvalue weighted by Gasteiger charge is -2.14. The fraction of sp³-hybridized carbons (Fsp3) is 0.0909. The predicted octanol–water partition coefficient (Wildman–Crippen LogP) is 4.83. The number of aldehydes is 1. The van der Waals surface area contributed by atoms with Gasteiger partial charge in [0, 0.05) is 11.5 Å². The molecular weight excluding hydrogens is 328 g/mol. The van der Waals surface area contributed by atoms with Crippen molar-refractivity contribution in [1.82, 2.24) is 0 Å². The number of ether oxygens (including phenoxy) is 2. The molecule has 0 amide bonds. The molecule has 0 heterocycles. The molecule has 0 spiro atoms. The van der Waals surface area contributed by atoms with Crippen LogP contribution in [0.2, 0.25) is 0 Å². The Morgan fingerprint density at radius 1 is 0.846 bits per heavy atom. The molecule has 0 saturated carbocycles. The first-order valence-corrected chi connectivity index (χ1v) is 8.34. The Hall–Kier alpha value is -3.40. The minimum Gasteiger partial charge on any atom is -0.433 e. The third-order valence-electron chi connectivity index (χ3n) is 4.55. The first kappa shape index (κ1) is 16.1. The van der Waals surface area contributed by atoms with Crippen molar-refractivity contribution in [3.63, 3.8) is 0 Å². The molecule has 128 valence electrons. The van der Waals surface area contributed by atoms with Gasteiger partial charge in [0.25, 0.3) is 0 Å². The van der Waals surface area contributed by atoms with Crippen molar-refractivity contribution in [3.8, 4) is 16.9 Å². The summed E-state index contributed by atoms with van der Waals surface area (Å²) in [6.45, 7) is 0.208. The number of benzene rings is 3. The summed E-state index contributed by atoms with van der Waals surface area (Å²) >= 11 is 0. The average Bonchev–Trinajstić information content (AvgIpc) is 3.01. The molecule has 3 aromatic carbocycles. The average molecular weight is 344 g/mol. The van der Waals surface area contributed by atoms with Gasteiger partial charge in [0.1, 0.15) is 18.6 Å². The van der Waals surface area contributed by atoms with E-state index < -0.39 is 6.16 Å². The van der Waals surface area contributed by atoms with Crippen LogP contribution >= 0.6 is 0 Å². The molecule has 0 unspecified atom stereocenters. The van der Waals surface area contributed by atoms with Crippen LogP contribution in [0.5, 0.6) is 5.75 Å². The van der Waals surface area contributed by atoms with Gasteiger partial charge in [0.15, 0.2) is 0 Å². The van der Waals surface area contributed by atoms with Gasteiger partial charge in [-0.2, -0.15) is 0 Å². The first-order valence-electron chi connectivity index (χ1n) is 8.34. The van der Waals surface area contributed by atoms with Crippen molar-refractivity contribution < 1.29 is 19.1 Å². The minimum atomic E-state index is -0.759. The Bertz CT molecular complexity index is 914. The van der Waals surface area contributed by atoms with Gasteiger partial charge in [0.05, 0.1) is 0 Å². The fourth-order valence-corrected chi connectivity index (χ4v) is 3.33. The summed E-state index contributed by atoms with van der Waals surface area (Å²) in [5.41, 5.74) is 5.17. The summed E-state index contributed by atoms with van der Waals surface area (Å²) in [5, 5.41) is 0. The Labute approximate surface area is 151 Å². The van der Waals surface area contributed by atoms with E-state index in [0.717, 1.165) is 17.4 Å². The van der Waals surface area contributed by atoms with Crippen LogP contribution < -0.4 is 4.74 Å². The van der Waals surface area contributed by atoms with E-state index in [9.17, 15) is 9.59 Å². The lowest BCUT2D eigenvalue weighted by Crippen LogP contribution is -2.15. The largest absolute Gasteiger partial charge is 0.513 e. The van der Waals surface area contributed by atoms with E-state index in [1.165, 1.54) is 11.1 Å². The molecule has 3 aromatic rings. The first-order chi connectivity index (χ1) is 12.8. The summed E-state index contributed by atoms with van der Waals surface area (Å²) in [6.07, 6.45) is -0.0254. The Morgan fingerprint density at radius 3 is 2.00 bits per heavy atom. The van der Waals surface area contributed by atoms with Crippen LogP contribution in [0.15, 0.2) is 72.8 Å². The summed E-state index contributed by atoms with van der Waals surface area (Å²) in [5.74, 6) is 0.334. The van der Waals surface area contributed by atoms with Gasteiger partial charge in [-0.1, -0.05) is 48.5 Å². The second kappa shape index (κ2) is 6.84. The quantitative estimate of drug-likeness (QED) is 0.386. The molecule has 1 aliphatic carbocycles. The van der Waals surface area contributed by atoms with E-state index in [-0.39, 0.29) is 12.5 Å². The van der Waals surface area contributed by atoms with E-state index in [1.807, 2.05) is 24.3 Å². The van der Waals surface area contributed by atoms with Crippen molar-refractivity contribution in [2.24, 2.45) is 0 Å². The fourth-order valence-electron chi connectivity index (χ4n) is 3.33. The Morgan fingerprint density at radius 2 is 1.42 bits per heavy atom. The number of carbonyl (C=O) groups excluding carboxylic acids is 2. The molecule has 26 heavy (non-hydrogen) atoms. The molecule has 0 aliphatic heterocycles. The van der Waals surface area contributed by atoms with Crippen LogP contribution in [0.1, 0.15) is 27.4 Å². The molecule has 0 aromatic heterocycles. The van der Waals surface area contributed by atoms with E-state index in [0.29, 0.717) is 11.3 Å². The van der Waals surface area contributed by atoms with Crippen molar-refractivity contribution in [2.45, 2.75) is 5.92 Å². The molecule has 4 nitrogen and oxygen atoms in total. The van der Waals surface area contributed by atoms with Crippen LogP contribution in [-0.4, -0.2) is 19.0 Å². The van der Waals surface area contributed by atoms with Crippen molar-refractivity contribution >= 4 is 12.4 Å². The third kappa shape index (κ3) is 2.97. The van der Waals surface area contributed by atoms with Gasteiger partial charge in [-0.25, -0.2) is 4.79 Å². The van der Waals surface area contributed by atoms with Crippen molar-refractivity contribution in [1.29, 1.82) is 0 Å². The summed E-state index contributed by atoms with van der Waals surface area (Å²) in [4.78, 5) is 22.7. The molecular formula is C22H16O4. The number of carbonyl (C=O) groups is 2. The highest BCUT2D eigenvalue weighted by Gasteiger charge is 2.29. The summed E-state index contributed by atoms with van der Waals surface area (Å²) in [7, 11) is 0. The summed E-state index contributed by atoms with van der Waals surface area (Å²) in [6, 6.07) is 22.6. The zero-order valence-electron chi connectivity index (χ0n) is 13.9. The molecule has 0 radical (unpaired) electrons. The molecule has 4 rings (SSSR count). The highest BCUT2D eigenvalue weighted by molar-refractivity contribution is 5.79. The van der Waals surface area contributed by atoms with E-state index in [1.54, 1.807) is 24.3 Å². The van der Waals surface area contributed by atoms with E-state index >= 15 is 0 Å².